The van der Waals surface area contributed by atoms with Crippen molar-refractivity contribution in [1.82, 2.24) is 5.32 Å². The number of carbonyl (C=O) groups excluding carboxylic acids is 1. The number of benzene rings is 1. The van der Waals surface area contributed by atoms with Gasteiger partial charge in [-0.05, 0) is 23.8 Å². The molecule has 1 aliphatic heterocycles. The largest absolute Gasteiger partial charge is 0.454 e. The lowest BCUT2D eigenvalue weighted by atomic mass is 10.2. The van der Waals surface area contributed by atoms with E-state index in [-0.39, 0.29) is 12.7 Å². The van der Waals surface area contributed by atoms with Gasteiger partial charge in [0.2, 0.25) is 12.7 Å². The van der Waals surface area contributed by atoms with Crippen LogP contribution in [-0.2, 0) is 4.79 Å². The van der Waals surface area contributed by atoms with E-state index in [1.807, 2.05) is 18.2 Å². The van der Waals surface area contributed by atoms with Crippen LogP contribution in [0.25, 0.3) is 6.08 Å². The van der Waals surface area contributed by atoms with E-state index < -0.39 is 0 Å². The minimum Gasteiger partial charge on any atom is -0.454 e. The molecular formula is C11H11NO3. The van der Waals surface area contributed by atoms with Crippen molar-refractivity contribution in [2.45, 2.75) is 0 Å². The first kappa shape index (κ1) is 9.58. The molecule has 0 bridgehead atoms. The fourth-order valence-electron chi connectivity index (χ4n) is 1.27. The molecule has 78 valence electrons. The average Bonchev–Trinajstić information content (AvgIpc) is 2.72. The first-order chi connectivity index (χ1) is 7.29. The van der Waals surface area contributed by atoms with Gasteiger partial charge in [-0.2, -0.15) is 0 Å². The topological polar surface area (TPSA) is 47.6 Å². The van der Waals surface area contributed by atoms with Crippen molar-refractivity contribution in [3.05, 3.63) is 29.8 Å². The summed E-state index contributed by atoms with van der Waals surface area (Å²) in [6.45, 7) is 0.262. The summed E-state index contributed by atoms with van der Waals surface area (Å²) in [7, 11) is 1.59. The first-order valence-corrected chi connectivity index (χ1v) is 4.59. The molecule has 1 aliphatic rings. The van der Waals surface area contributed by atoms with Gasteiger partial charge in [0.15, 0.2) is 11.5 Å². The summed E-state index contributed by atoms with van der Waals surface area (Å²) >= 11 is 0. The van der Waals surface area contributed by atoms with Gasteiger partial charge in [0.1, 0.15) is 0 Å². The molecule has 0 saturated carbocycles. The van der Waals surface area contributed by atoms with Gasteiger partial charge in [0, 0.05) is 13.1 Å². The molecule has 1 amide bonds. The monoisotopic (exact) mass is 205 g/mol. The number of ether oxygens (including phenoxy) is 2. The highest BCUT2D eigenvalue weighted by Crippen LogP contribution is 2.32. The van der Waals surface area contributed by atoms with Crippen LogP contribution in [0.3, 0.4) is 0 Å². The van der Waals surface area contributed by atoms with Crippen molar-refractivity contribution < 1.29 is 14.3 Å². The van der Waals surface area contributed by atoms with E-state index in [4.69, 9.17) is 9.47 Å². The summed E-state index contributed by atoms with van der Waals surface area (Å²) < 4.78 is 10.4. The summed E-state index contributed by atoms with van der Waals surface area (Å²) in [5, 5.41) is 2.51. The number of rotatable bonds is 2. The van der Waals surface area contributed by atoms with Gasteiger partial charge in [0.05, 0.1) is 0 Å². The van der Waals surface area contributed by atoms with Gasteiger partial charge in [-0.1, -0.05) is 6.07 Å². The molecule has 1 aromatic carbocycles. The van der Waals surface area contributed by atoms with E-state index in [1.54, 1.807) is 13.1 Å². The predicted molar refractivity (Wildman–Crippen MR) is 55.7 cm³/mol. The van der Waals surface area contributed by atoms with E-state index in [1.165, 1.54) is 6.08 Å². The Morgan fingerprint density at radius 3 is 3.00 bits per heavy atom. The Balaban J connectivity index is 2.16. The van der Waals surface area contributed by atoms with Crippen LogP contribution < -0.4 is 14.8 Å². The minimum absolute atomic E-state index is 0.132. The highest BCUT2D eigenvalue weighted by molar-refractivity contribution is 5.91. The molecule has 15 heavy (non-hydrogen) atoms. The van der Waals surface area contributed by atoms with Crippen LogP contribution in [-0.4, -0.2) is 19.7 Å². The number of nitrogens with one attached hydrogen (secondary N) is 1. The lowest BCUT2D eigenvalue weighted by molar-refractivity contribution is -0.115. The van der Waals surface area contributed by atoms with Crippen LogP contribution in [0.1, 0.15) is 5.56 Å². The molecule has 0 spiro atoms. The molecule has 1 N–H and O–H groups in total. The third-order valence-electron chi connectivity index (χ3n) is 2.07. The van der Waals surface area contributed by atoms with Crippen molar-refractivity contribution in [2.24, 2.45) is 0 Å². The van der Waals surface area contributed by atoms with Crippen LogP contribution in [0, 0.1) is 0 Å². The highest BCUT2D eigenvalue weighted by Gasteiger charge is 2.12. The van der Waals surface area contributed by atoms with Crippen LogP contribution in [0.2, 0.25) is 0 Å². The van der Waals surface area contributed by atoms with Gasteiger partial charge < -0.3 is 14.8 Å². The number of likely N-dealkylation sites (N-methyl/N-ethyl adjacent to an activating group) is 1. The summed E-state index contributed by atoms with van der Waals surface area (Å²) in [6.07, 6.45) is 3.19. The van der Waals surface area contributed by atoms with Gasteiger partial charge in [-0.3, -0.25) is 4.79 Å². The molecule has 1 aromatic rings. The number of carbonyl (C=O) groups is 1. The van der Waals surface area contributed by atoms with E-state index in [2.05, 4.69) is 5.32 Å². The summed E-state index contributed by atoms with van der Waals surface area (Å²) in [6, 6.07) is 5.53. The standard InChI is InChI=1S/C11H11NO3/c1-12-11(13)5-3-8-2-4-9-10(6-8)15-7-14-9/h2-6H,7H2,1H3,(H,12,13)/b5-3-. The minimum atomic E-state index is -0.132. The van der Waals surface area contributed by atoms with Gasteiger partial charge >= 0.3 is 0 Å². The van der Waals surface area contributed by atoms with Crippen molar-refractivity contribution >= 4 is 12.0 Å². The summed E-state index contributed by atoms with van der Waals surface area (Å²) in [5.74, 6) is 1.33. The van der Waals surface area contributed by atoms with Crippen molar-refractivity contribution in [3.8, 4) is 11.5 Å². The zero-order valence-corrected chi connectivity index (χ0v) is 8.32. The SMILES string of the molecule is CNC(=O)/C=C\c1ccc2c(c1)OCO2. The van der Waals surface area contributed by atoms with Crippen LogP contribution in [0.15, 0.2) is 24.3 Å². The first-order valence-electron chi connectivity index (χ1n) is 4.59. The highest BCUT2D eigenvalue weighted by atomic mass is 16.7. The number of hydrogen-bond acceptors (Lipinski definition) is 3. The molecular weight excluding hydrogens is 194 g/mol. The second-order valence-corrected chi connectivity index (χ2v) is 3.06. The lowest BCUT2D eigenvalue weighted by Gasteiger charge is -1.97. The molecule has 0 aliphatic carbocycles. The molecule has 4 nitrogen and oxygen atoms in total. The summed E-state index contributed by atoms with van der Waals surface area (Å²) in [4.78, 5) is 11.0. The van der Waals surface area contributed by atoms with Crippen molar-refractivity contribution in [3.63, 3.8) is 0 Å². The lowest BCUT2D eigenvalue weighted by Crippen LogP contribution is -2.13. The molecule has 1 heterocycles. The fraction of sp³-hybridized carbons (Fsp3) is 0.182. The Hall–Kier alpha value is -1.97. The smallest absolute Gasteiger partial charge is 0.243 e. The Labute approximate surface area is 87.5 Å². The zero-order valence-electron chi connectivity index (χ0n) is 8.32. The maximum Gasteiger partial charge on any atom is 0.243 e. The number of amides is 1. The second-order valence-electron chi connectivity index (χ2n) is 3.06. The van der Waals surface area contributed by atoms with Crippen LogP contribution in [0.5, 0.6) is 11.5 Å². The summed E-state index contributed by atoms with van der Waals surface area (Å²) in [5.41, 5.74) is 0.905. The molecule has 2 rings (SSSR count). The molecule has 0 unspecified atom stereocenters. The predicted octanol–water partition coefficient (Wildman–Crippen LogP) is 1.17. The third kappa shape index (κ3) is 2.10. The van der Waals surface area contributed by atoms with Crippen molar-refractivity contribution in [1.29, 1.82) is 0 Å². The van der Waals surface area contributed by atoms with Crippen LogP contribution in [0.4, 0.5) is 0 Å². The Bertz CT molecular complexity index is 412. The van der Waals surface area contributed by atoms with Gasteiger partial charge in [-0.15, -0.1) is 0 Å². The maximum absolute atomic E-state index is 11.0. The van der Waals surface area contributed by atoms with E-state index >= 15 is 0 Å². The quantitative estimate of drug-likeness (QED) is 0.737. The third-order valence-corrected chi connectivity index (χ3v) is 2.07. The molecule has 4 heteroatoms. The van der Waals surface area contributed by atoms with E-state index in [0.717, 1.165) is 11.3 Å². The Morgan fingerprint density at radius 1 is 1.40 bits per heavy atom. The Kier molecular flexibility index (Phi) is 2.58. The van der Waals surface area contributed by atoms with Crippen LogP contribution >= 0.6 is 0 Å². The molecule has 0 radical (unpaired) electrons. The second kappa shape index (κ2) is 4.04. The van der Waals surface area contributed by atoms with Gasteiger partial charge in [0.25, 0.3) is 0 Å². The Morgan fingerprint density at radius 2 is 2.20 bits per heavy atom. The maximum atomic E-state index is 11.0. The average molecular weight is 205 g/mol. The number of fused-ring (bicyclic) bond motifs is 1. The molecule has 0 aromatic heterocycles. The normalized spacial score (nSPS) is 13.1. The fourth-order valence-corrected chi connectivity index (χ4v) is 1.27. The zero-order chi connectivity index (χ0) is 10.7. The van der Waals surface area contributed by atoms with Crippen molar-refractivity contribution in [2.75, 3.05) is 13.8 Å². The molecule has 0 saturated heterocycles. The van der Waals surface area contributed by atoms with E-state index in [0.29, 0.717) is 5.75 Å². The molecule has 0 atom stereocenters. The van der Waals surface area contributed by atoms with Gasteiger partial charge in [-0.25, -0.2) is 0 Å². The van der Waals surface area contributed by atoms with E-state index in [9.17, 15) is 4.79 Å². The molecule has 0 fully saturated rings. The number of hydrogen-bond donors (Lipinski definition) is 1.